The summed E-state index contributed by atoms with van der Waals surface area (Å²) in [5, 5.41) is 6.52. The number of fused-ring (bicyclic) bond motifs is 1. The summed E-state index contributed by atoms with van der Waals surface area (Å²) in [4.78, 5) is 13.6. The van der Waals surface area contributed by atoms with E-state index in [-0.39, 0.29) is 5.91 Å². The Bertz CT molecular complexity index is 495. The Kier molecular flexibility index (Phi) is 4.44. The van der Waals surface area contributed by atoms with E-state index in [1.54, 1.807) is 6.92 Å². The molecule has 3 rings (SSSR count). The van der Waals surface area contributed by atoms with Gasteiger partial charge in [-0.15, -0.1) is 0 Å². The minimum Gasteiger partial charge on any atom is -0.383 e. The summed E-state index contributed by atoms with van der Waals surface area (Å²) in [5.74, 6) is 0.736. The van der Waals surface area contributed by atoms with Crippen molar-refractivity contribution in [2.24, 2.45) is 5.92 Å². The van der Waals surface area contributed by atoms with E-state index < -0.39 is 0 Å². The summed E-state index contributed by atoms with van der Waals surface area (Å²) in [7, 11) is 0. The molecular formula is C17H25N3O. The van der Waals surface area contributed by atoms with Crippen molar-refractivity contribution in [3.63, 3.8) is 0 Å². The molecule has 0 aromatic heterocycles. The molecule has 1 atom stereocenters. The summed E-state index contributed by atoms with van der Waals surface area (Å²) < 4.78 is 0. The third-order valence-electron chi connectivity index (χ3n) is 4.81. The van der Waals surface area contributed by atoms with Crippen LogP contribution in [0.1, 0.15) is 25.3 Å². The summed E-state index contributed by atoms with van der Waals surface area (Å²) in [6.45, 7) is 5.79. The highest BCUT2D eigenvalue weighted by molar-refractivity contribution is 5.72. The number of para-hydroxylation sites is 1. The molecule has 0 aliphatic carbocycles. The zero-order valence-electron chi connectivity index (χ0n) is 12.8. The van der Waals surface area contributed by atoms with Crippen molar-refractivity contribution in [2.45, 2.75) is 32.2 Å². The Labute approximate surface area is 126 Å². The predicted molar refractivity (Wildman–Crippen MR) is 85.4 cm³/mol. The molecule has 1 amide bonds. The van der Waals surface area contributed by atoms with Crippen LogP contribution in [0.5, 0.6) is 0 Å². The number of likely N-dealkylation sites (tertiary alicyclic amines) is 1. The molecule has 1 aromatic rings. The van der Waals surface area contributed by atoms with Crippen LogP contribution in [-0.2, 0) is 11.2 Å². The monoisotopic (exact) mass is 287 g/mol. The van der Waals surface area contributed by atoms with E-state index in [1.807, 2.05) is 0 Å². The average Bonchev–Trinajstić information content (AvgIpc) is 2.53. The molecule has 114 valence electrons. The van der Waals surface area contributed by atoms with Gasteiger partial charge in [0.15, 0.2) is 0 Å². The van der Waals surface area contributed by atoms with Crippen LogP contribution in [0.2, 0.25) is 0 Å². The molecule has 21 heavy (non-hydrogen) atoms. The maximum Gasteiger partial charge on any atom is 0.216 e. The van der Waals surface area contributed by atoms with Crippen molar-refractivity contribution in [1.29, 1.82) is 0 Å². The first-order valence-electron chi connectivity index (χ1n) is 8.02. The highest BCUT2D eigenvalue weighted by atomic mass is 16.1. The second kappa shape index (κ2) is 6.48. The minimum absolute atomic E-state index is 0.0884. The zero-order chi connectivity index (χ0) is 14.7. The van der Waals surface area contributed by atoms with Gasteiger partial charge in [0.05, 0.1) is 0 Å². The van der Waals surface area contributed by atoms with Gasteiger partial charge < -0.3 is 10.6 Å². The first-order chi connectivity index (χ1) is 10.2. The largest absolute Gasteiger partial charge is 0.383 e. The quantitative estimate of drug-likeness (QED) is 0.892. The van der Waals surface area contributed by atoms with Gasteiger partial charge in [-0.1, -0.05) is 18.2 Å². The van der Waals surface area contributed by atoms with Gasteiger partial charge in [-0.05, 0) is 49.9 Å². The number of carbonyl (C=O) groups excluding carboxylic acids is 1. The lowest BCUT2D eigenvalue weighted by atomic mass is 9.92. The molecule has 2 N–H and O–H groups in total. The van der Waals surface area contributed by atoms with Crippen LogP contribution in [0.25, 0.3) is 0 Å². The maximum absolute atomic E-state index is 11.0. The van der Waals surface area contributed by atoms with Gasteiger partial charge >= 0.3 is 0 Å². The van der Waals surface area contributed by atoms with Gasteiger partial charge in [0.2, 0.25) is 5.91 Å². The van der Waals surface area contributed by atoms with Gasteiger partial charge in [0.1, 0.15) is 0 Å². The molecule has 4 heteroatoms. The van der Waals surface area contributed by atoms with Crippen molar-refractivity contribution in [1.82, 2.24) is 10.2 Å². The highest BCUT2D eigenvalue weighted by Crippen LogP contribution is 2.26. The number of nitrogens with zero attached hydrogens (tertiary/aromatic N) is 1. The molecule has 1 unspecified atom stereocenters. The fourth-order valence-electron chi connectivity index (χ4n) is 3.49. The molecule has 0 saturated carbocycles. The van der Waals surface area contributed by atoms with Gasteiger partial charge in [0.25, 0.3) is 0 Å². The average molecular weight is 287 g/mol. The van der Waals surface area contributed by atoms with E-state index >= 15 is 0 Å². The molecule has 2 aliphatic rings. The molecule has 1 aromatic carbocycles. The van der Waals surface area contributed by atoms with Crippen LogP contribution in [-0.4, -0.2) is 43.0 Å². The number of hydrogen-bond donors (Lipinski definition) is 2. The number of nitrogens with one attached hydrogen (secondary N) is 2. The number of benzene rings is 1. The zero-order valence-corrected chi connectivity index (χ0v) is 12.8. The van der Waals surface area contributed by atoms with Gasteiger partial charge in [-0.2, -0.15) is 0 Å². The molecule has 4 nitrogen and oxygen atoms in total. The number of rotatable bonds is 3. The maximum atomic E-state index is 11.0. The number of hydrogen-bond acceptors (Lipinski definition) is 3. The van der Waals surface area contributed by atoms with Crippen LogP contribution in [0.4, 0.5) is 5.69 Å². The molecule has 1 fully saturated rings. The predicted octanol–water partition coefficient (Wildman–Crippen LogP) is 1.87. The Morgan fingerprint density at radius 1 is 1.33 bits per heavy atom. The lowest BCUT2D eigenvalue weighted by molar-refractivity contribution is -0.119. The lowest BCUT2D eigenvalue weighted by Crippen LogP contribution is -2.48. The van der Waals surface area contributed by atoms with Gasteiger partial charge in [-0.25, -0.2) is 0 Å². The van der Waals surface area contributed by atoms with Gasteiger partial charge in [0, 0.05) is 31.7 Å². The van der Waals surface area contributed by atoms with Crippen LogP contribution < -0.4 is 10.6 Å². The Morgan fingerprint density at radius 2 is 2.10 bits per heavy atom. The number of amides is 1. The van der Waals surface area contributed by atoms with E-state index in [9.17, 15) is 4.79 Å². The van der Waals surface area contributed by atoms with Crippen molar-refractivity contribution in [2.75, 3.05) is 31.5 Å². The standard InChI is InChI=1S/C17H25N3O/c1-13(21)18-11-14-6-8-20(9-7-14)16-10-15-4-2-3-5-17(15)19-12-16/h2-5,14,16,19H,6-12H2,1H3,(H,18,21). The first kappa shape index (κ1) is 14.4. The van der Waals surface area contributed by atoms with E-state index in [0.29, 0.717) is 12.0 Å². The van der Waals surface area contributed by atoms with E-state index in [0.717, 1.165) is 32.6 Å². The molecule has 2 aliphatic heterocycles. The number of piperidine rings is 1. The Morgan fingerprint density at radius 3 is 2.86 bits per heavy atom. The molecular weight excluding hydrogens is 262 g/mol. The minimum atomic E-state index is 0.0884. The summed E-state index contributed by atoms with van der Waals surface area (Å²) in [6, 6.07) is 9.24. The number of carbonyl (C=O) groups is 1. The van der Waals surface area contributed by atoms with Crippen molar-refractivity contribution in [3.05, 3.63) is 29.8 Å². The summed E-state index contributed by atoms with van der Waals surface area (Å²) in [5.41, 5.74) is 2.74. The second-order valence-electron chi connectivity index (χ2n) is 6.31. The molecule has 1 saturated heterocycles. The van der Waals surface area contributed by atoms with Crippen molar-refractivity contribution in [3.8, 4) is 0 Å². The Balaban J connectivity index is 1.50. The molecule has 0 spiro atoms. The Hall–Kier alpha value is -1.55. The fourth-order valence-corrected chi connectivity index (χ4v) is 3.49. The third-order valence-corrected chi connectivity index (χ3v) is 4.81. The van der Waals surface area contributed by atoms with E-state index in [2.05, 4.69) is 39.8 Å². The van der Waals surface area contributed by atoms with Crippen LogP contribution >= 0.6 is 0 Å². The topological polar surface area (TPSA) is 44.4 Å². The summed E-state index contributed by atoms with van der Waals surface area (Å²) in [6.07, 6.45) is 3.54. The molecule has 2 heterocycles. The summed E-state index contributed by atoms with van der Waals surface area (Å²) >= 11 is 0. The van der Waals surface area contributed by atoms with Crippen LogP contribution in [0.3, 0.4) is 0 Å². The second-order valence-corrected chi connectivity index (χ2v) is 6.31. The SMILES string of the molecule is CC(=O)NCC1CCN(C2CNc3ccccc3C2)CC1. The highest BCUT2D eigenvalue weighted by Gasteiger charge is 2.27. The van der Waals surface area contributed by atoms with Crippen molar-refractivity contribution < 1.29 is 4.79 Å². The van der Waals surface area contributed by atoms with Crippen molar-refractivity contribution >= 4 is 11.6 Å². The normalized spacial score (nSPS) is 23.2. The van der Waals surface area contributed by atoms with Crippen LogP contribution in [0, 0.1) is 5.92 Å². The third kappa shape index (κ3) is 3.56. The van der Waals surface area contributed by atoms with E-state index in [4.69, 9.17) is 0 Å². The first-order valence-corrected chi connectivity index (χ1v) is 8.02. The number of anilines is 1. The smallest absolute Gasteiger partial charge is 0.216 e. The lowest BCUT2D eigenvalue weighted by Gasteiger charge is -2.40. The van der Waals surface area contributed by atoms with E-state index in [1.165, 1.54) is 24.1 Å². The van der Waals surface area contributed by atoms with Gasteiger partial charge in [-0.3, -0.25) is 9.69 Å². The molecule has 0 bridgehead atoms. The van der Waals surface area contributed by atoms with Crippen LogP contribution in [0.15, 0.2) is 24.3 Å². The fraction of sp³-hybridized carbons (Fsp3) is 0.588. The molecule has 0 radical (unpaired) electrons.